The largest absolute Gasteiger partial charge is 0.481 e. The van der Waals surface area contributed by atoms with Gasteiger partial charge in [0.25, 0.3) is 0 Å². The minimum absolute atomic E-state index is 0.113. The molecule has 0 aliphatic carbocycles. The molecule has 0 bridgehead atoms. The number of hydrogen-bond acceptors (Lipinski definition) is 3. The van der Waals surface area contributed by atoms with Crippen LogP contribution in [0.25, 0.3) is 0 Å². The molecule has 0 radical (unpaired) electrons. The lowest BCUT2D eigenvalue weighted by molar-refractivity contribution is -0.143. The maximum Gasteiger partial charge on any atom is 0.308 e. The van der Waals surface area contributed by atoms with Gasteiger partial charge in [0.1, 0.15) is 0 Å². The lowest BCUT2D eigenvalue weighted by Crippen LogP contribution is -2.17. The van der Waals surface area contributed by atoms with Crippen molar-refractivity contribution in [3.05, 3.63) is 0 Å². The van der Waals surface area contributed by atoms with Crippen LogP contribution in [0.1, 0.15) is 96.8 Å². The van der Waals surface area contributed by atoms with E-state index < -0.39 is 11.9 Å². The molecule has 0 spiro atoms. The highest BCUT2D eigenvalue weighted by Gasteiger charge is 2.14. The molecular formula is C19H38O4. The summed E-state index contributed by atoms with van der Waals surface area (Å²) in [7, 11) is 0. The molecule has 23 heavy (non-hydrogen) atoms. The van der Waals surface area contributed by atoms with E-state index in [1.54, 1.807) is 0 Å². The molecule has 2 atom stereocenters. The van der Waals surface area contributed by atoms with Crippen molar-refractivity contribution in [1.82, 2.24) is 0 Å². The van der Waals surface area contributed by atoms with Crippen LogP contribution < -0.4 is 0 Å². The van der Waals surface area contributed by atoms with Crippen molar-refractivity contribution in [2.24, 2.45) is 5.92 Å². The maximum atomic E-state index is 10.7. The van der Waals surface area contributed by atoms with Crippen molar-refractivity contribution in [3.8, 4) is 0 Å². The molecule has 0 saturated heterocycles. The van der Waals surface area contributed by atoms with Crippen LogP contribution in [-0.2, 0) is 4.79 Å². The van der Waals surface area contributed by atoms with Gasteiger partial charge in [-0.05, 0) is 19.3 Å². The number of carboxylic acid groups (broad SMARTS) is 1. The summed E-state index contributed by atoms with van der Waals surface area (Å²) in [6.45, 7) is 1.95. The van der Waals surface area contributed by atoms with Gasteiger partial charge in [-0.15, -0.1) is 0 Å². The number of hydrogen-bond donors (Lipinski definition) is 3. The molecule has 0 fully saturated rings. The standard InChI is InChI=1S/C19H38O4/c1-2-3-4-11-14-18(21)15-12-9-7-5-6-8-10-13-17(16-20)19(22)23/h17-18,20-21H,2-16H2,1H3,(H,22,23)/t17-,18-/m1/s1. The first-order chi connectivity index (χ1) is 11.1. The fourth-order valence-electron chi connectivity index (χ4n) is 2.90. The predicted molar refractivity (Wildman–Crippen MR) is 94.5 cm³/mol. The molecule has 4 nitrogen and oxygen atoms in total. The van der Waals surface area contributed by atoms with Gasteiger partial charge in [-0.25, -0.2) is 0 Å². The second kappa shape index (κ2) is 16.3. The molecular weight excluding hydrogens is 292 g/mol. The van der Waals surface area contributed by atoms with Gasteiger partial charge in [0.15, 0.2) is 0 Å². The van der Waals surface area contributed by atoms with E-state index in [9.17, 15) is 9.90 Å². The quantitative estimate of drug-likeness (QED) is 0.343. The van der Waals surface area contributed by atoms with Crippen LogP contribution in [0.3, 0.4) is 0 Å². The molecule has 0 unspecified atom stereocenters. The number of aliphatic hydroxyl groups is 2. The Balaban J connectivity index is 3.28. The maximum absolute atomic E-state index is 10.7. The normalized spacial score (nSPS) is 13.9. The van der Waals surface area contributed by atoms with E-state index in [2.05, 4.69) is 6.92 Å². The van der Waals surface area contributed by atoms with Gasteiger partial charge in [0.05, 0.1) is 18.6 Å². The Morgan fingerprint density at radius 1 is 0.783 bits per heavy atom. The predicted octanol–water partition coefficient (Wildman–Crippen LogP) is 4.52. The molecule has 4 heteroatoms. The summed E-state index contributed by atoms with van der Waals surface area (Å²) >= 11 is 0. The highest BCUT2D eigenvalue weighted by Crippen LogP contribution is 2.15. The van der Waals surface area contributed by atoms with Crippen LogP contribution >= 0.6 is 0 Å². The molecule has 0 aromatic rings. The molecule has 0 aliphatic heterocycles. The van der Waals surface area contributed by atoms with Crippen LogP contribution in [-0.4, -0.2) is 34.0 Å². The summed E-state index contributed by atoms with van der Waals surface area (Å²) in [5.74, 6) is -1.48. The SMILES string of the molecule is CCCCCC[C@@H](O)CCCCCCCCC[C@H](CO)C(=O)O. The van der Waals surface area contributed by atoms with Crippen molar-refractivity contribution in [3.63, 3.8) is 0 Å². The molecule has 3 N–H and O–H groups in total. The van der Waals surface area contributed by atoms with E-state index in [1.807, 2.05) is 0 Å². The molecule has 0 aliphatic rings. The van der Waals surface area contributed by atoms with Crippen LogP contribution in [0.4, 0.5) is 0 Å². The van der Waals surface area contributed by atoms with Crippen LogP contribution in [0, 0.1) is 5.92 Å². The third-order valence-corrected chi connectivity index (χ3v) is 4.55. The smallest absolute Gasteiger partial charge is 0.308 e. The summed E-state index contributed by atoms with van der Waals surface area (Å²) in [5.41, 5.74) is 0. The number of carboxylic acids is 1. The fraction of sp³-hybridized carbons (Fsp3) is 0.947. The third-order valence-electron chi connectivity index (χ3n) is 4.55. The van der Waals surface area contributed by atoms with E-state index in [1.165, 1.54) is 38.5 Å². The number of aliphatic carboxylic acids is 1. The summed E-state index contributed by atoms with van der Waals surface area (Å²) in [4.78, 5) is 10.7. The van der Waals surface area contributed by atoms with E-state index in [0.29, 0.717) is 6.42 Å². The van der Waals surface area contributed by atoms with Crippen LogP contribution in [0.2, 0.25) is 0 Å². The zero-order chi connectivity index (χ0) is 17.3. The summed E-state index contributed by atoms with van der Waals surface area (Å²) in [6.07, 6.45) is 15.0. The van der Waals surface area contributed by atoms with Gasteiger partial charge in [-0.1, -0.05) is 77.6 Å². The minimum atomic E-state index is -0.888. The Bertz CT molecular complexity index is 268. The Morgan fingerprint density at radius 3 is 1.65 bits per heavy atom. The monoisotopic (exact) mass is 330 g/mol. The molecule has 0 heterocycles. The average Bonchev–Trinajstić information content (AvgIpc) is 2.53. The molecule has 0 rings (SSSR count). The number of unbranched alkanes of at least 4 members (excludes halogenated alkanes) is 9. The minimum Gasteiger partial charge on any atom is -0.481 e. The van der Waals surface area contributed by atoms with Gasteiger partial charge in [0.2, 0.25) is 0 Å². The first-order valence-corrected chi connectivity index (χ1v) is 9.63. The van der Waals surface area contributed by atoms with Crippen molar-refractivity contribution in [2.45, 2.75) is 103 Å². The zero-order valence-corrected chi connectivity index (χ0v) is 15.0. The van der Waals surface area contributed by atoms with Crippen molar-refractivity contribution >= 4 is 5.97 Å². The van der Waals surface area contributed by atoms with Crippen molar-refractivity contribution in [1.29, 1.82) is 0 Å². The van der Waals surface area contributed by atoms with Gasteiger partial charge in [-0.2, -0.15) is 0 Å². The van der Waals surface area contributed by atoms with E-state index in [-0.39, 0.29) is 12.7 Å². The third kappa shape index (κ3) is 14.7. The van der Waals surface area contributed by atoms with E-state index >= 15 is 0 Å². The van der Waals surface area contributed by atoms with E-state index in [0.717, 1.165) is 44.9 Å². The average molecular weight is 331 g/mol. The van der Waals surface area contributed by atoms with Gasteiger partial charge in [-0.3, -0.25) is 4.79 Å². The van der Waals surface area contributed by atoms with Crippen molar-refractivity contribution in [2.75, 3.05) is 6.61 Å². The van der Waals surface area contributed by atoms with Gasteiger partial charge in [0, 0.05) is 0 Å². The Labute approximate surface area is 142 Å². The van der Waals surface area contributed by atoms with Gasteiger partial charge >= 0.3 is 5.97 Å². The first kappa shape index (κ1) is 22.4. The highest BCUT2D eigenvalue weighted by molar-refractivity contribution is 5.69. The molecule has 0 saturated carbocycles. The van der Waals surface area contributed by atoms with Crippen LogP contribution in [0.15, 0.2) is 0 Å². The Hall–Kier alpha value is -0.610. The second-order valence-corrected chi connectivity index (χ2v) is 6.77. The number of carbonyl (C=O) groups is 1. The topological polar surface area (TPSA) is 77.8 Å². The van der Waals surface area contributed by atoms with E-state index in [4.69, 9.17) is 10.2 Å². The van der Waals surface area contributed by atoms with Gasteiger partial charge < -0.3 is 15.3 Å². The first-order valence-electron chi connectivity index (χ1n) is 9.63. The lowest BCUT2D eigenvalue weighted by Gasteiger charge is -2.10. The number of rotatable bonds is 17. The summed E-state index contributed by atoms with van der Waals surface area (Å²) in [5, 5.41) is 27.6. The molecule has 0 amide bonds. The summed E-state index contributed by atoms with van der Waals surface area (Å²) < 4.78 is 0. The summed E-state index contributed by atoms with van der Waals surface area (Å²) in [6, 6.07) is 0. The Kier molecular flexibility index (Phi) is 15.8. The van der Waals surface area contributed by atoms with Crippen LogP contribution in [0.5, 0.6) is 0 Å². The molecule has 0 aromatic carbocycles. The zero-order valence-electron chi connectivity index (χ0n) is 15.0. The highest BCUT2D eigenvalue weighted by atomic mass is 16.4. The fourth-order valence-corrected chi connectivity index (χ4v) is 2.90. The molecule has 138 valence electrons. The van der Waals surface area contributed by atoms with Crippen molar-refractivity contribution < 1.29 is 20.1 Å². The second-order valence-electron chi connectivity index (χ2n) is 6.77. The Morgan fingerprint density at radius 2 is 1.22 bits per heavy atom. The molecule has 0 aromatic heterocycles. The lowest BCUT2D eigenvalue weighted by atomic mass is 10.00. The number of aliphatic hydroxyl groups excluding tert-OH is 2.